The third-order valence-electron chi connectivity index (χ3n) is 3.61. The van der Waals surface area contributed by atoms with Crippen molar-refractivity contribution in [3.8, 4) is 11.1 Å². The first kappa shape index (κ1) is 17.5. The first-order valence-electron chi connectivity index (χ1n) is 7.16. The smallest absolute Gasteiger partial charge is 0.340 e. The summed E-state index contributed by atoms with van der Waals surface area (Å²) in [6.45, 7) is 1.26. The molecule has 2 rings (SSSR count). The normalized spacial score (nSPS) is 13.4. The van der Waals surface area contributed by atoms with Crippen molar-refractivity contribution in [2.75, 3.05) is 13.7 Å². The maximum absolute atomic E-state index is 11.6. The highest BCUT2D eigenvalue weighted by atomic mass is 35.5. The molecule has 1 N–H and O–H groups in total. The predicted molar refractivity (Wildman–Crippen MR) is 89.2 cm³/mol. The van der Waals surface area contributed by atoms with Gasteiger partial charge in [0.25, 0.3) is 0 Å². The molecule has 0 fully saturated rings. The fourth-order valence-electron chi connectivity index (χ4n) is 2.06. The molecule has 5 heteroatoms. The maximum Gasteiger partial charge on any atom is 0.340 e. The fraction of sp³-hybridized carbons (Fsp3) is 0.278. The number of halogens is 1. The average molecular weight is 335 g/mol. The van der Waals surface area contributed by atoms with E-state index in [9.17, 15) is 9.90 Å². The lowest BCUT2D eigenvalue weighted by atomic mass is 10.0. The number of methoxy groups -OCH3 is 1. The minimum Gasteiger partial charge on any atom is -0.467 e. The average Bonchev–Trinajstić information content (AvgIpc) is 2.60. The van der Waals surface area contributed by atoms with E-state index in [4.69, 9.17) is 16.3 Å². The molecule has 0 spiro atoms. The Balaban J connectivity index is 2.05. The summed E-state index contributed by atoms with van der Waals surface area (Å²) in [7, 11) is 1.26. The van der Waals surface area contributed by atoms with Crippen LogP contribution in [0.2, 0.25) is 5.02 Å². The monoisotopic (exact) mass is 334 g/mol. The number of carbonyl (C=O) groups excluding carboxylic acids is 1. The molecule has 0 unspecified atom stereocenters. The van der Waals surface area contributed by atoms with E-state index in [1.807, 2.05) is 48.5 Å². The molecule has 0 saturated carbocycles. The summed E-state index contributed by atoms with van der Waals surface area (Å²) >= 11 is 5.88. The Kier molecular flexibility index (Phi) is 5.77. The van der Waals surface area contributed by atoms with Crippen molar-refractivity contribution in [3.63, 3.8) is 0 Å². The Morgan fingerprint density at radius 2 is 1.61 bits per heavy atom. The van der Waals surface area contributed by atoms with Gasteiger partial charge in [-0.05, 0) is 35.7 Å². The lowest BCUT2D eigenvalue weighted by molar-refractivity contribution is -0.174. The quantitative estimate of drug-likeness (QED) is 0.822. The first-order valence-corrected chi connectivity index (χ1v) is 7.54. The summed E-state index contributed by atoms with van der Waals surface area (Å²) in [5.74, 6) is -0.599. The standard InChI is InChI=1S/C18H19ClO4/c1-18(12-20,17(21)22-2)23-11-13-3-5-14(6-4-13)15-7-9-16(19)10-8-15/h3-10,20H,11-12H2,1-2H3/t18-/m0/s1. The highest BCUT2D eigenvalue weighted by Gasteiger charge is 2.34. The van der Waals surface area contributed by atoms with Gasteiger partial charge in [-0.1, -0.05) is 48.0 Å². The van der Waals surface area contributed by atoms with Gasteiger partial charge in [-0.2, -0.15) is 0 Å². The molecule has 122 valence electrons. The number of carbonyl (C=O) groups is 1. The molecular formula is C18H19ClO4. The molecule has 2 aromatic rings. The largest absolute Gasteiger partial charge is 0.467 e. The van der Waals surface area contributed by atoms with Crippen molar-refractivity contribution in [2.45, 2.75) is 19.1 Å². The number of aliphatic hydroxyl groups is 1. The molecular weight excluding hydrogens is 316 g/mol. The van der Waals surface area contributed by atoms with Gasteiger partial charge < -0.3 is 14.6 Å². The second-order valence-electron chi connectivity index (χ2n) is 5.37. The molecule has 0 aliphatic heterocycles. The summed E-state index contributed by atoms with van der Waals surface area (Å²) < 4.78 is 10.2. The Morgan fingerprint density at radius 3 is 2.09 bits per heavy atom. The summed E-state index contributed by atoms with van der Waals surface area (Å²) in [4.78, 5) is 11.6. The number of aliphatic hydroxyl groups excluding tert-OH is 1. The van der Waals surface area contributed by atoms with Gasteiger partial charge in [-0.15, -0.1) is 0 Å². The highest BCUT2D eigenvalue weighted by molar-refractivity contribution is 6.30. The number of ether oxygens (including phenoxy) is 2. The number of rotatable bonds is 6. The molecule has 0 aromatic heterocycles. The van der Waals surface area contributed by atoms with Gasteiger partial charge in [-0.25, -0.2) is 4.79 Å². The minimum atomic E-state index is -1.36. The minimum absolute atomic E-state index is 0.201. The molecule has 2 aromatic carbocycles. The van der Waals surface area contributed by atoms with Crippen molar-refractivity contribution in [1.29, 1.82) is 0 Å². The number of hydrogen-bond donors (Lipinski definition) is 1. The lowest BCUT2D eigenvalue weighted by Gasteiger charge is -2.24. The van der Waals surface area contributed by atoms with Gasteiger partial charge in [0.1, 0.15) is 0 Å². The molecule has 0 aliphatic carbocycles. The van der Waals surface area contributed by atoms with Crippen LogP contribution in [0.3, 0.4) is 0 Å². The van der Waals surface area contributed by atoms with Crippen molar-refractivity contribution in [2.24, 2.45) is 0 Å². The molecule has 0 heterocycles. The van der Waals surface area contributed by atoms with Gasteiger partial charge in [0.05, 0.1) is 20.3 Å². The van der Waals surface area contributed by atoms with Gasteiger partial charge in [0.15, 0.2) is 5.60 Å². The van der Waals surface area contributed by atoms with Crippen LogP contribution < -0.4 is 0 Å². The second kappa shape index (κ2) is 7.59. The molecule has 0 amide bonds. The molecule has 23 heavy (non-hydrogen) atoms. The van der Waals surface area contributed by atoms with E-state index in [2.05, 4.69) is 4.74 Å². The number of hydrogen-bond acceptors (Lipinski definition) is 4. The maximum atomic E-state index is 11.6. The summed E-state index contributed by atoms with van der Waals surface area (Å²) in [6.07, 6.45) is 0. The number of esters is 1. The first-order chi connectivity index (χ1) is 11.0. The van der Waals surface area contributed by atoms with Crippen LogP contribution in [0.25, 0.3) is 11.1 Å². The van der Waals surface area contributed by atoms with Crippen LogP contribution >= 0.6 is 11.6 Å². The van der Waals surface area contributed by atoms with E-state index in [1.54, 1.807) is 0 Å². The molecule has 4 nitrogen and oxygen atoms in total. The van der Waals surface area contributed by atoms with Gasteiger partial charge in [0, 0.05) is 5.02 Å². The van der Waals surface area contributed by atoms with Crippen LogP contribution in [0, 0.1) is 0 Å². The Morgan fingerprint density at radius 1 is 1.09 bits per heavy atom. The predicted octanol–water partition coefficient (Wildman–Crippen LogP) is 3.45. The van der Waals surface area contributed by atoms with E-state index in [1.165, 1.54) is 14.0 Å². The SMILES string of the molecule is COC(=O)[C@](C)(CO)OCc1ccc(-c2ccc(Cl)cc2)cc1. The van der Waals surface area contributed by atoms with Crippen LogP contribution in [0.1, 0.15) is 12.5 Å². The van der Waals surface area contributed by atoms with Crippen molar-refractivity contribution in [1.82, 2.24) is 0 Å². The summed E-state index contributed by atoms with van der Waals surface area (Å²) in [5.41, 5.74) is 1.66. The van der Waals surface area contributed by atoms with Crippen LogP contribution in [0.15, 0.2) is 48.5 Å². The van der Waals surface area contributed by atoms with Crippen molar-refractivity contribution >= 4 is 17.6 Å². The van der Waals surface area contributed by atoms with Gasteiger partial charge in [-0.3, -0.25) is 0 Å². The third kappa shape index (κ3) is 4.32. The highest BCUT2D eigenvalue weighted by Crippen LogP contribution is 2.23. The van der Waals surface area contributed by atoms with E-state index in [0.717, 1.165) is 16.7 Å². The van der Waals surface area contributed by atoms with Gasteiger partial charge in [0.2, 0.25) is 0 Å². The van der Waals surface area contributed by atoms with Crippen LogP contribution in [0.4, 0.5) is 0 Å². The zero-order chi connectivity index (χ0) is 16.9. The Labute approximate surface area is 140 Å². The van der Waals surface area contributed by atoms with E-state index in [0.29, 0.717) is 5.02 Å². The summed E-state index contributed by atoms with van der Waals surface area (Å²) in [6, 6.07) is 15.4. The molecule has 0 radical (unpaired) electrons. The van der Waals surface area contributed by atoms with Gasteiger partial charge >= 0.3 is 5.97 Å². The zero-order valence-electron chi connectivity index (χ0n) is 13.1. The Hall–Kier alpha value is -1.88. The fourth-order valence-corrected chi connectivity index (χ4v) is 2.19. The molecule has 0 saturated heterocycles. The lowest BCUT2D eigenvalue weighted by Crippen LogP contribution is -2.42. The second-order valence-corrected chi connectivity index (χ2v) is 5.81. The zero-order valence-corrected chi connectivity index (χ0v) is 13.8. The van der Waals surface area contributed by atoms with Crippen LogP contribution in [0.5, 0.6) is 0 Å². The number of benzene rings is 2. The van der Waals surface area contributed by atoms with Crippen LogP contribution in [-0.4, -0.2) is 30.4 Å². The van der Waals surface area contributed by atoms with E-state index < -0.39 is 18.2 Å². The van der Waals surface area contributed by atoms with E-state index >= 15 is 0 Å². The van der Waals surface area contributed by atoms with E-state index in [-0.39, 0.29) is 6.61 Å². The van der Waals surface area contributed by atoms with Crippen molar-refractivity contribution < 1.29 is 19.4 Å². The molecule has 0 aliphatic rings. The topological polar surface area (TPSA) is 55.8 Å². The molecule has 0 bridgehead atoms. The summed E-state index contributed by atoms with van der Waals surface area (Å²) in [5, 5.41) is 10.0. The Bertz CT molecular complexity index is 652. The third-order valence-corrected chi connectivity index (χ3v) is 3.86. The van der Waals surface area contributed by atoms with Crippen LogP contribution in [-0.2, 0) is 20.9 Å². The van der Waals surface area contributed by atoms with Crippen molar-refractivity contribution in [3.05, 3.63) is 59.1 Å². The molecule has 1 atom stereocenters.